The number of para-hydroxylation sites is 1. The summed E-state index contributed by atoms with van der Waals surface area (Å²) in [6.45, 7) is 2.54. The summed E-state index contributed by atoms with van der Waals surface area (Å²) in [6, 6.07) is 9.89. The van der Waals surface area contributed by atoms with Crippen molar-refractivity contribution in [2.75, 3.05) is 44.3 Å². The smallest absolute Gasteiger partial charge is 0.244 e. The van der Waals surface area contributed by atoms with Crippen LogP contribution >= 0.6 is 0 Å². The molecule has 2 fully saturated rings. The maximum atomic E-state index is 13.3. The molecule has 26 heavy (non-hydrogen) atoms. The third-order valence-corrected chi connectivity index (χ3v) is 7.95. The maximum Gasteiger partial charge on any atom is 0.244 e. The summed E-state index contributed by atoms with van der Waals surface area (Å²) < 4.78 is 32.3. The number of piperazine rings is 1. The Hall–Kier alpha value is -1.68. The lowest BCUT2D eigenvalue weighted by Crippen LogP contribution is -2.57. The second-order valence-corrected chi connectivity index (χ2v) is 9.07. The molecular formula is C17H25N3O5S. The average Bonchev–Trinajstić information content (AvgIpc) is 2.69. The maximum absolute atomic E-state index is 13.3. The highest BCUT2D eigenvalue weighted by molar-refractivity contribution is 7.90. The molecule has 9 heteroatoms. The van der Waals surface area contributed by atoms with Gasteiger partial charge in [-0.15, -0.1) is 0 Å². The van der Waals surface area contributed by atoms with Crippen molar-refractivity contribution < 1.29 is 23.2 Å². The van der Waals surface area contributed by atoms with Gasteiger partial charge in [-0.25, -0.2) is 13.9 Å². The summed E-state index contributed by atoms with van der Waals surface area (Å²) in [4.78, 5) is 13.9. The molecule has 2 aliphatic heterocycles. The van der Waals surface area contributed by atoms with Crippen LogP contribution < -0.4 is 10.4 Å². The summed E-state index contributed by atoms with van der Waals surface area (Å²) in [7, 11) is -3.70. The molecule has 144 valence electrons. The van der Waals surface area contributed by atoms with E-state index in [1.165, 1.54) is 4.31 Å². The Kier molecular flexibility index (Phi) is 5.81. The Balaban J connectivity index is 1.75. The molecule has 1 aromatic carbocycles. The quantitative estimate of drug-likeness (QED) is 0.570. The second-order valence-electron chi connectivity index (χ2n) is 6.73. The molecule has 1 amide bonds. The molecule has 3 rings (SSSR count). The molecule has 0 atom stereocenters. The number of rotatable bonds is 5. The molecule has 1 aromatic rings. The molecule has 2 N–H and O–H groups in total. The predicted octanol–water partition coefficient (Wildman–Crippen LogP) is 0.583. The minimum absolute atomic E-state index is 0.252. The molecule has 2 heterocycles. The fraction of sp³-hybridized carbons (Fsp3) is 0.588. The van der Waals surface area contributed by atoms with E-state index in [1.807, 2.05) is 30.3 Å². The standard InChI is InChI=1S/C17H25N3O5S/c21-16(18-22)14-17(6-12-25-13-7-17)26(23,24)20-10-8-19(9-11-20)15-4-2-1-3-5-15/h1-5,22H,6-14H2,(H,18,21). The van der Waals surface area contributed by atoms with Crippen LogP contribution in [0.1, 0.15) is 19.3 Å². The molecule has 0 bridgehead atoms. The van der Waals surface area contributed by atoms with E-state index in [4.69, 9.17) is 9.94 Å². The highest BCUT2D eigenvalue weighted by Gasteiger charge is 2.50. The van der Waals surface area contributed by atoms with Crippen LogP contribution in [-0.2, 0) is 19.6 Å². The largest absolute Gasteiger partial charge is 0.381 e. The molecule has 0 spiro atoms. The zero-order chi connectivity index (χ0) is 18.6. The van der Waals surface area contributed by atoms with Gasteiger partial charge in [0.1, 0.15) is 0 Å². The average molecular weight is 383 g/mol. The number of amides is 1. The van der Waals surface area contributed by atoms with Gasteiger partial charge in [0.05, 0.1) is 4.75 Å². The molecule has 0 aromatic heterocycles. The van der Waals surface area contributed by atoms with Crippen LogP contribution in [0, 0.1) is 0 Å². The molecule has 2 saturated heterocycles. The Morgan fingerprint density at radius 3 is 2.31 bits per heavy atom. The zero-order valence-electron chi connectivity index (χ0n) is 14.6. The first-order valence-electron chi connectivity index (χ1n) is 8.79. The Bertz CT molecular complexity index is 711. The Labute approximate surface area is 153 Å². The summed E-state index contributed by atoms with van der Waals surface area (Å²) in [5.74, 6) is -0.682. The van der Waals surface area contributed by atoms with Crippen LogP contribution in [0.5, 0.6) is 0 Å². The van der Waals surface area contributed by atoms with Gasteiger partial charge >= 0.3 is 0 Å². The molecular weight excluding hydrogens is 358 g/mol. The van der Waals surface area contributed by atoms with Crippen molar-refractivity contribution in [3.8, 4) is 0 Å². The van der Waals surface area contributed by atoms with Crippen molar-refractivity contribution in [3.63, 3.8) is 0 Å². The van der Waals surface area contributed by atoms with Crippen LogP contribution in [0.4, 0.5) is 5.69 Å². The fourth-order valence-corrected chi connectivity index (χ4v) is 5.89. The molecule has 0 saturated carbocycles. The van der Waals surface area contributed by atoms with Gasteiger partial charge in [-0.2, -0.15) is 4.31 Å². The first-order chi connectivity index (χ1) is 12.5. The number of carbonyl (C=O) groups excluding carboxylic acids is 1. The van der Waals surface area contributed by atoms with Crippen LogP contribution in [0.25, 0.3) is 0 Å². The number of nitrogens with one attached hydrogen (secondary N) is 1. The monoisotopic (exact) mass is 383 g/mol. The van der Waals surface area contributed by atoms with E-state index in [0.717, 1.165) is 5.69 Å². The van der Waals surface area contributed by atoms with E-state index in [1.54, 1.807) is 5.48 Å². The van der Waals surface area contributed by atoms with Crippen molar-refractivity contribution in [2.24, 2.45) is 0 Å². The Morgan fingerprint density at radius 1 is 1.12 bits per heavy atom. The number of sulfonamides is 1. The lowest BCUT2D eigenvalue weighted by molar-refractivity contribution is -0.130. The van der Waals surface area contributed by atoms with Crippen LogP contribution in [0.2, 0.25) is 0 Å². The van der Waals surface area contributed by atoms with Gasteiger partial charge in [-0.1, -0.05) is 18.2 Å². The minimum atomic E-state index is -3.70. The van der Waals surface area contributed by atoms with Gasteiger partial charge in [0.15, 0.2) is 0 Å². The van der Waals surface area contributed by atoms with Crippen molar-refractivity contribution >= 4 is 21.6 Å². The van der Waals surface area contributed by atoms with Gasteiger partial charge in [-0.05, 0) is 25.0 Å². The van der Waals surface area contributed by atoms with E-state index in [9.17, 15) is 13.2 Å². The molecule has 0 aliphatic carbocycles. The summed E-state index contributed by atoms with van der Waals surface area (Å²) in [5.41, 5.74) is 2.64. The summed E-state index contributed by atoms with van der Waals surface area (Å²) >= 11 is 0. The number of carbonyl (C=O) groups is 1. The van der Waals surface area contributed by atoms with Crippen molar-refractivity contribution in [1.82, 2.24) is 9.79 Å². The number of anilines is 1. The van der Waals surface area contributed by atoms with E-state index in [-0.39, 0.29) is 19.3 Å². The van der Waals surface area contributed by atoms with Crippen LogP contribution in [0.15, 0.2) is 30.3 Å². The van der Waals surface area contributed by atoms with Crippen molar-refractivity contribution in [1.29, 1.82) is 0 Å². The van der Waals surface area contributed by atoms with Gasteiger partial charge in [0.2, 0.25) is 15.9 Å². The molecule has 8 nitrogen and oxygen atoms in total. The number of hydroxylamine groups is 1. The molecule has 2 aliphatic rings. The fourth-order valence-electron chi connectivity index (χ4n) is 3.70. The van der Waals surface area contributed by atoms with Gasteiger partial charge in [0.25, 0.3) is 0 Å². The number of nitrogens with zero attached hydrogens (tertiary/aromatic N) is 2. The first kappa shape index (κ1) is 19.1. The second kappa shape index (κ2) is 7.91. The summed E-state index contributed by atoms with van der Waals surface area (Å²) in [6.07, 6.45) is 0.247. The highest BCUT2D eigenvalue weighted by Crippen LogP contribution is 2.36. The predicted molar refractivity (Wildman–Crippen MR) is 96.5 cm³/mol. The number of benzene rings is 1. The number of hydrogen-bond donors (Lipinski definition) is 2. The van der Waals surface area contributed by atoms with Crippen LogP contribution in [0.3, 0.4) is 0 Å². The SMILES string of the molecule is O=C(CC1(S(=O)(=O)N2CCN(c3ccccc3)CC2)CCOCC1)NO. The van der Waals surface area contributed by atoms with Crippen molar-refractivity contribution in [3.05, 3.63) is 30.3 Å². The Morgan fingerprint density at radius 2 is 1.73 bits per heavy atom. The third-order valence-electron chi connectivity index (χ3n) is 5.26. The van der Waals surface area contributed by atoms with Gasteiger partial charge < -0.3 is 9.64 Å². The van der Waals surface area contributed by atoms with Gasteiger partial charge in [0, 0.05) is 51.5 Å². The lowest BCUT2D eigenvalue weighted by atomic mass is 9.95. The van der Waals surface area contributed by atoms with E-state index < -0.39 is 20.7 Å². The van der Waals surface area contributed by atoms with E-state index >= 15 is 0 Å². The minimum Gasteiger partial charge on any atom is -0.381 e. The van der Waals surface area contributed by atoms with E-state index in [2.05, 4.69) is 4.90 Å². The van der Waals surface area contributed by atoms with E-state index in [0.29, 0.717) is 39.4 Å². The molecule has 0 unspecified atom stereocenters. The first-order valence-corrected chi connectivity index (χ1v) is 10.2. The third kappa shape index (κ3) is 3.71. The number of hydrogen-bond acceptors (Lipinski definition) is 6. The zero-order valence-corrected chi connectivity index (χ0v) is 15.5. The molecule has 0 radical (unpaired) electrons. The highest BCUT2D eigenvalue weighted by atomic mass is 32.2. The number of ether oxygens (including phenoxy) is 1. The van der Waals surface area contributed by atoms with Crippen LogP contribution in [-0.4, -0.2) is 68.0 Å². The summed E-state index contributed by atoms with van der Waals surface area (Å²) in [5, 5.41) is 8.87. The van der Waals surface area contributed by atoms with Crippen molar-refractivity contribution in [2.45, 2.75) is 24.0 Å². The van der Waals surface area contributed by atoms with Gasteiger partial charge in [-0.3, -0.25) is 10.0 Å². The lowest BCUT2D eigenvalue weighted by Gasteiger charge is -2.43. The normalized spacial score (nSPS) is 21.3. The topological polar surface area (TPSA) is 99.2 Å².